The van der Waals surface area contributed by atoms with Crippen LogP contribution in [0.5, 0.6) is 5.75 Å². The molecule has 2 aliphatic heterocycles. The molecule has 3 amide bonds. The standard InChI is InChI=1S/C29H38N4O7S/c1-29(2,3)27(32-23(35)7-5-4-6-8-25(37)38)28(39)33-14-18(34)13-22(33)31-24(36)12-17-9-10-19-21(11-17)40-15-20-26(19)41-16-30-20/h9-11,16,18,22,27,34H,4-8,12-15H2,1-3H3,(H,31,36)(H,32,35)(H,37,38)/t18-,22+,27-/m1/s1. The first-order valence-electron chi connectivity index (χ1n) is 13.9. The van der Waals surface area contributed by atoms with Crippen molar-refractivity contribution in [2.45, 2.75) is 90.6 Å². The molecule has 1 aromatic carbocycles. The molecule has 4 rings (SSSR count). The Morgan fingerprint density at radius 2 is 1.90 bits per heavy atom. The van der Waals surface area contributed by atoms with Crippen molar-refractivity contribution in [2.75, 3.05) is 6.54 Å². The van der Waals surface area contributed by atoms with E-state index in [1.54, 1.807) is 16.8 Å². The number of likely N-dealkylation sites (tertiary alicyclic amines) is 1. The van der Waals surface area contributed by atoms with Gasteiger partial charge in [-0.1, -0.05) is 33.3 Å². The van der Waals surface area contributed by atoms with E-state index in [9.17, 15) is 24.3 Å². The minimum atomic E-state index is -0.867. The molecule has 11 nitrogen and oxygen atoms in total. The third kappa shape index (κ3) is 7.82. The number of carboxylic acid groups (broad SMARTS) is 1. The van der Waals surface area contributed by atoms with Crippen molar-refractivity contribution in [3.05, 3.63) is 35.0 Å². The van der Waals surface area contributed by atoms with Gasteiger partial charge in [-0.05, 0) is 36.0 Å². The van der Waals surface area contributed by atoms with E-state index in [1.807, 2.05) is 39.0 Å². The Balaban J connectivity index is 1.36. The van der Waals surface area contributed by atoms with Gasteiger partial charge in [0, 0.05) is 31.4 Å². The number of thiazole rings is 1. The lowest BCUT2D eigenvalue weighted by molar-refractivity contribution is -0.141. The zero-order chi connectivity index (χ0) is 29.7. The van der Waals surface area contributed by atoms with Crippen molar-refractivity contribution in [1.29, 1.82) is 0 Å². The molecule has 4 N–H and O–H groups in total. The van der Waals surface area contributed by atoms with Crippen LogP contribution in [0.3, 0.4) is 0 Å². The molecule has 0 radical (unpaired) electrons. The second-order valence-corrected chi connectivity index (χ2v) is 12.6. The number of fused-ring (bicyclic) bond motifs is 3. The number of carboxylic acids is 1. The number of aliphatic hydroxyl groups is 1. The smallest absolute Gasteiger partial charge is 0.303 e. The fourth-order valence-corrected chi connectivity index (χ4v) is 5.95. The second-order valence-electron chi connectivity index (χ2n) is 11.7. The first kappa shape index (κ1) is 30.4. The van der Waals surface area contributed by atoms with Crippen molar-refractivity contribution >= 4 is 35.0 Å². The molecule has 2 aliphatic rings. The fourth-order valence-electron chi connectivity index (χ4n) is 5.12. The number of aliphatic hydroxyl groups excluding tert-OH is 1. The summed E-state index contributed by atoms with van der Waals surface area (Å²) in [4.78, 5) is 56.9. The average molecular weight is 587 g/mol. The van der Waals surface area contributed by atoms with E-state index in [-0.39, 0.29) is 49.9 Å². The van der Waals surface area contributed by atoms with Gasteiger partial charge in [-0.15, -0.1) is 11.3 Å². The average Bonchev–Trinajstić information content (AvgIpc) is 3.52. The van der Waals surface area contributed by atoms with Crippen molar-refractivity contribution < 1.29 is 34.1 Å². The number of aliphatic carboxylic acids is 1. The molecular formula is C29H38N4O7S. The molecular weight excluding hydrogens is 548 g/mol. The maximum absolute atomic E-state index is 13.7. The number of carbonyl (C=O) groups is 4. The number of β-amino-alcohol motifs (C(OH)–C–C–N with tert-alkyl or cyclic N) is 1. The molecule has 1 saturated heterocycles. The van der Waals surface area contributed by atoms with Crippen LogP contribution < -0.4 is 15.4 Å². The van der Waals surface area contributed by atoms with Crippen molar-refractivity contribution in [2.24, 2.45) is 5.41 Å². The minimum Gasteiger partial charge on any atom is -0.487 e. The minimum absolute atomic E-state index is 0.0469. The highest BCUT2D eigenvalue weighted by molar-refractivity contribution is 7.13. The van der Waals surface area contributed by atoms with Crippen LogP contribution in [0.15, 0.2) is 23.7 Å². The maximum Gasteiger partial charge on any atom is 0.303 e. The quantitative estimate of drug-likeness (QED) is 0.293. The normalized spacial score (nSPS) is 18.6. The van der Waals surface area contributed by atoms with Gasteiger partial charge < -0.3 is 30.5 Å². The Hall–Kier alpha value is -3.51. The Morgan fingerprint density at radius 3 is 2.63 bits per heavy atom. The van der Waals surface area contributed by atoms with Crippen LogP contribution in [0, 0.1) is 5.41 Å². The molecule has 12 heteroatoms. The molecule has 0 aliphatic carbocycles. The van der Waals surface area contributed by atoms with Gasteiger partial charge in [0.2, 0.25) is 17.7 Å². The van der Waals surface area contributed by atoms with Gasteiger partial charge >= 0.3 is 5.97 Å². The molecule has 1 fully saturated rings. The van der Waals surface area contributed by atoms with Gasteiger partial charge in [0.25, 0.3) is 0 Å². The van der Waals surface area contributed by atoms with Crippen LogP contribution in [0.2, 0.25) is 0 Å². The molecule has 3 atom stereocenters. The molecule has 222 valence electrons. The van der Waals surface area contributed by atoms with E-state index < -0.39 is 29.7 Å². The molecule has 0 spiro atoms. The van der Waals surface area contributed by atoms with Crippen LogP contribution in [-0.4, -0.2) is 68.6 Å². The predicted octanol–water partition coefficient (Wildman–Crippen LogP) is 2.85. The molecule has 0 saturated carbocycles. The second kappa shape index (κ2) is 13.0. The van der Waals surface area contributed by atoms with Crippen molar-refractivity contribution in [3.8, 4) is 16.2 Å². The molecule has 2 aromatic rings. The summed E-state index contributed by atoms with van der Waals surface area (Å²) in [6.07, 6.45) is 0.586. The highest BCUT2D eigenvalue weighted by Crippen LogP contribution is 2.40. The van der Waals surface area contributed by atoms with E-state index in [1.165, 1.54) is 4.90 Å². The Bertz CT molecular complexity index is 1290. The van der Waals surface area contributed by atoms with Gasteiger partial charge in [0.05, 0.1) is 28.6 Å². The Labute approximate surface area is 243 Å². The van der Waals surface area contributed by atoms with Crippen LogP contribution in [0.1, 0.15) is 70.6 Å². The summed E-state index contributed by atoms with van der Waals surface area (Å²) in [5.74, 6) is -1.14. The number of unbranched alkanes of at least 4 members (excludes halogenated alkanes) is 2. The van der Waals surface area contributed by atoms with E-state index in [0.29, 0.717) is 31.6 Å². The number of amides is 3. The third-order valence-corrected chi connectivity index (χ3v) is 8.17. The summed E-state index contributed by atoms with van der Waals surface area (Å²) in [6.45, 7) is 5.96. The lowest BCUT2D eigenvalue weighted by Crippen LogP contribution is -2.58. The molecule has 41 heavy (non-hydrogen) atoms. The highest BCUT2D eigenvalue weighted by atomic mass is 32.1. The summed E-state index contributed by atoms with van der Waals surface area (Å²) in [5, 5.41) is 24.9. The monoisotopic (exact) mass is 586 g/mol. The molecule has 0 unspecified atom stereocenters. The van der Waals surface area contributed by atoms with E-state index >= 15 is 0 Å². The molecule has 3 heterocycles. The molecule has 1 aromatic heterocycles. The summed E-state index contributed by atoms with van der Waals surface area (Å²) >= 11 is 1.55. The zero-order valence-corrected chi connectivity index (χ0v) is 24.5. The van der Waals surface area contributed by atoms with Gasteiger partial charge in [-0.3, -0.25) is 19.2 Å². The van der Waals surface area contributed by atoms with Crippen LogP contribution in [0.4, 0.5) is 0 Å². The summed E-state index contributed by atoms with van der Waals surface area (Å²) in [5.41, 5.74) is 3.77. The number of nitrogens with zero attached hydrogens (tertiary/aromatic N) is 2. The summed E-state index contributed by atoms with van der Waals surface area (Å²) in [7, 11) is 0. The van der Waals surface area contributed by atoms with Gasteiger partial charge in [0.15, 0.2) is 0 Å². The number of aromatic nitrogens is 1. The number of rotatable bonds is 11. The Morgan fingerprint density at radius 1 is 1.15 bits per heavy atom. The van der Waals surface area contributed by atoms with Gasteiger partial charge in [-0.2, -0.15) is 0 Å². The number of nitrogens with one attached hydrogen (secondary N) is 2. The summed E-state index contributed by atoms with van der Waals surface area (Å²) < 4.78 is 5.83. The SMILES string of the molecule is CC(C)(C)[C@H](NC(=O)CCCCCC(=O)O)C(=O)N1C[C@H](O)C[C@H]1NC(=O)Cc1ccc2c(c1)OCc1ncsc1-2. The van der Waals surface area contributed by atoms with Crippen LogP contribution in [-0.2, 0) is 32.2 Å². The Kier molecular flexibility index (Phi) is 9.64. The van der Waals surface area contributed by atoms with Crippen molar-refractivity contribution in [3.63, 3.8) is 0 Å². The van der Waals surface area contributed by atoms with Crippen LogP contribution >= 0.6 is 11.3 Å². The number of hydrogen-bond acceptors (Lipinski definition) is 8. The zero-order valence-electron chi connectivity index (χ0n) is 23.6. The number of benzene rings is 1. The van der Waals surface area contributed by atoms with E-state index in [4.69, 9.17) is 9.84 Å². The molecule has 0 bridgehead atoms. The predicted molar refractivity (Wildman–Crippen MR) is 152 cm³/mol. The third-order valence-electron chi connectivity index (χ3n) is 7.26. The first-order valence-corrected chi connectivity index (χ1v) is 14.8. The maximum atomic E-state index is 13.7. The highest BCUT2D eigenvalue weighted by Gasteiger charge is 2.42. The van der Waals surface area contributed by atoms with E-state index in [0.717, 1.165) is 21.7 Å². The van der Waals surface area contributed by atoms with E-state index in [2.05, 4.69) is 15.6 Å². The summed E-state index contributed by atoms with van der Waals surface area (Å²) in [6, 6.07) is 4.77. The fraction of sp³-hybridized carbons (Fsp3) is 0.552. The number of hydrogen-bond donors (Lipinski definition) is 4. The number of ether oxygens (including phenoxy) is 1. The number of carbonyl (C=O) groups excluding carboxylic acids is 3. The van der Waals surface area contributed by atoms with Gasteiger partial charge in [-0.25, -0.2) is 4.98 Å². The first-order chi connectivity index (χ1) is 19.4. The topological polar surface area (TPSA) is 158 Å². The lowest BCUT2D eigenvalue weighted by Gasteiger charge is -2.35. The largest absolute Gasteiger partial charge is 0.487 e. The van der Waals surface area contributed by atoms with Crippen LogP contribution in [0.25, 0.3) is 10.4 Å². The van der Waals surface area contributed by atoms with Crippen molar-refractivity contribution in [1.82, 2.24) is 20.5 Å². The van der Waals surface area contributed by atoms with Gasteiger partial charge in [0.1, 0.15) is 24.6 Å². The lowest BCUT2D eigenvalue weighted by atomic mass is 9.85.